The Morgan fingerprint density at radius 2 is 1.21 bits per heavy atom. The van der Waals surface area contributed by atoms with E-state index in [1.54, 1.807) is 12.1 Å². The van der Waals surface area contributed by atoms with E-state index in [4.69, 9.17) is 19.9 Å². The summed E-state index contributed by atoms with van der Waals surface area (Å²) in [6.45, 7) is 16.2. The Kier molecular flexibility index (Phi) is 19.3. The number of carbonyl (C=O) groups is 3. The quantitative estimate of drug-likeness (QED) is 0.0300. The van der Waals surface area contributed by atoms with Gasteiger partial charge in [-0.25, -0.2) is 4.79 Å². The minimum atomic E-state index is -0.634. The van der Waals surface area contributed by atoms with E-state index in [2.05, 4.69) is 93.2 Å². The molecule has 1 aliphatic carbocycles. The highest BCUT2D eigenvalue weighted by molar-refractivity contribution is 8.12. The molecule has 0 radical (unpaired) electrons. The fourth-order valence-corrected chi connectivity index (χ4v) is 11.1. The monoisotopic (exact) mass is 933 g/mol. The molecule has 1 atom stereocenters. The van der Waals surface area contributed by atoms with Crippen LogP contribution in [0.5, 0.6) is 5.75 Å². The van der Waals surface area contributed by atoms with Gasteiger partial charge >= 0.3 is 6.09 Å². The van der Waals surface area contributed by atoms with Crippen molar-refractivity contribution in [3.8, 4) is 16.9 Å². The molecule has 1 unspecified atom stereocenters. The third kappa shape index (κ3) is 14.7. The van der Waals surface area contributed by atoms with Gasteiger partial charge in [-0.15, -0.1) is 11.8 Å². The van der Waals surface area contributed by atoms with Crippen LogP contribution in [-0.2, 0) is 28.5 Å². The molecule has 0 bridgehead atoms. The molecule has 0 heterocycles. The maximum atomic E-state index is 12.1. The number of fused-ring (bicyclic) bond motifs is 3. The molecular formula is C54H67N3O7S2. The first-order chi connectivity index (χ1) is 31.5. The molecule has 5 aromatic carbocycles. The van der Waals surface area contributed by atoms with Gasteiger partial charge in [-0.05, 0) is 88.7 Å². The Hall–Kier alpha value is -5.11. The maximum Gasteiger partial charge on any atom is 0.407 e. The van der Waals surface area contributed by atoms with Gasteiger partial charge in [0.1, 0.15) is 19.0 Å². The fourth-order valence-electron chi connectivity index (χ4n) is 8.52. The van der Waals surface area contributed by atoms with Gasteiger partial charge < -0.3 is 30.4 Å². The first-order valence-electron chi connectivity index (χ1n) is 22.6. The number of aromatic hydroxyl groups is 1. The highest BCUT2D eigenvalue weighted by atomic mass is 32.2. The Bertz CT molecular complexity index is 2220. The van der Waals surface area contributed by atoms with Crippen LogP contribution >= 0.6 is 23.7 Å². The summed E-state index contributed by atoms with van der Waals surface area (Å²) in [6, 6.07) is 45.0. The number of phenolic OH excluding ortho intramolecular Hbond substituents is 1. The Labute approximate surface area is 400 Å². The molecule has 0 fully saturated rings. The van der Waals surface area contributed by atoms with Gasteiger partial charge in [-0.1, -0.05) is 163 Å². The average Bonchev–Trinajstić information content (AvgIpc) is 3.61. The van der Waals surface area contributed by atoms with Crippen molar-refractivity contribution in [2.24, 2.45) is 17.1 Å². The van der Waals surface area contributed by atoms with Crippen LogP contribution in [0.1, 0.15) is 95.0 Å². The number of nitrogens with two attached hydrogens (primary N) is 1. The van der Waals surface area contributed by atoms with Crippen molar-refractivity contribution in [1.29, 1.82) is 0 Å². The Morgan fingerprint density at radius 3 is 1.76 bits per heavy atom. The number of primary amides is 1. The molecule has 66 heavy (non-hydrogen) atoms. The molecule has 2 amide bonds. The summed E-state index contributed by atoms with van der Waals surface area (Å²) in [7, 11) is 0. The molecule has 5 N–H and O–H groups in total. The molecule has 0 aromatic heterocycles. The number of thioether (sulfide) groups is 1. The second-order valence-electron chi connectivity index (χ2n) is 18.3. The number of phenols is 1. The smallest absolute Gasteiger partial charge is 0.407 e. The number of ether oxygens (including phenoxy) is 3. The minimum Gasteiger partial charge on any atom is -0.508 e. The molecule has 0 aliphatic heterocycles. The van der Waals surface area contributed by atoms with Crippen molar-refractivity contribution in [2.75, 3.05) is 39.6 Å². The highest BCUT2D eigenvalue weighted by Gasteiger charge is 2.44. The van der Waals surface area contributed by atoms with Crippen molar-refractivity contribution in [3.63, 3.8) is 0 Å². The van der Waals surface area contributed by atoms with E-state index >= 15 is 0 Å². The Morgan fingerprint density at radius 1 is 0.697 bits per heavy atom. The van der Waals surface area contributed by atoms with Crippen LogP contribution in [0.25, 0.3) is 11.1 Å². The summed E-state index contributed by atoms with van der Waals surface area (Å²) >= 11 is 2.91. The second kappa shape index (κ2) is 24.6. The lowest BCUT2D eigenvalue weighted by Crippen LogP contribution is -2.40. The van der Waals surface area contributed by atoms with Gasteiger partial charge in [-0.2, -0.15) is 0 Å². The van der Waals surface area contributed by atoms with Crippen molar-refractivity contribution >= 4 is 40.8 Å². The van der Waals surface area contributed by atoms with Crippen LogP contribution < -0.4 is 15.8 Å². The topological polar surface area (TPSA) is 149 Å². The molecule has 5 aromatic rings. The van der Waals surface area contributed by atoms with E-state index in [1.807, 2.05) is 98.4 Å². The molecule has 1 aliphatic rings. The second-order valence-corrected chi connectivity index (χ2v) is 21.1. The van der Waals surface area contributed by atoms with Gasteiger partial charge in [-0.3, -0.25) is 14.3 Å². The first-order valence-corrected chi connectivity index (χ1v) is 24.3. The summed E-state index contributed by atoms with van der Waals surface area (Å²) in [6.07, 6.45) is 1.17. The molecule has 0 saturated heterocycles. The number of hydrogen-bond acceptors (Lipinski definition) is 10. The van der Waals surface area contributed by atoms with E-state index < -0.39 is 16.3 Å². The van der Waals surface area contributed by atoms with Crippen molar-refractivity contribution < 1.29 is 33.7 Å². The van der Waals surface area contributed by atoms with Crippen LogP contribution in [0.15, 0.2) is 133 Å². The number of rotatable bonds is 22. The third-order valence-electron chi connectivity index (χ3n) is 11.2. The zero-order valence-corrected chi connectivity index (χ0v) is 41.0. The zero-order chi connectivity index (χ0) is 47.7. The largest absolute Gasteiger partial charge is 0.508 e. The zero-order valence-electron chi connectivity index (χ0n) is 39.4. The van der Waals surface area contributed by atoms with E-state index in [0.29, 0.717) is 38.7 Å². The molecule has 352 valence electrons. The molecule has 0 saturated carbocycles. The molecule has 0 spiro atoms. The maximum absolute atomic E-state index is 12.1. The van der Waals surface area contributed by atoms with E-state index in [1.165, 1.54) is 22.3 Å². The predicted octanol–water partition coefficient (Wildman–Crippen LogP) is 10.9. The van der Waals surface area contributed by atoms with Crippen LogP contribution in [0.2, 0.25) is 0 Å². The van der Waals surface area contributed by atoms with Gasteiger partial charge in [0.05, 0.1) is 24.6 Å². The predicted molar refractivity (Wildman–Crippen MR) is 269 cm³/mol. The summed E-state index contributed by atoms with van der Waals surface area (Å²) in [5.74, 6) is 0.560. The number of amides is 2. The summed E-state index contributed by atoms with van der Waals surface area (Å²) in [4.78, 5) is 36.0. The van der Waals surface area contributed by atoms with Crippen LogP contribution in [0, 0.1) is 11.3 Å². The Balaban J connectivity index is 0.000000249. The van der Waals surface area contributed by atoms with E-state index in [9.17, 15) is 19.5 Å². The van der Waals surface area contributed by atoms with Gasteiger partial charge in [0.2, 0.25) is 11.0 Å². The number of nitrogens with one attached hydrogen (secondary N) is 2. The van der Waals surface area contributed by atoms with Crippen LogP contribution in [0.4, 0.5) is 4.79 Å². The fraction of sp³-hybridized carbons (Fsp3) is 0.389. The van der Waals surface area contributed by atoms with Gasteiger partial charge in [0.15, 0.2) is 0 Å². The van der Waals surface area contributed by atoms with Gasteiger partial charge in [0.25, 0.3) is 0 Å². The lowest BCUT2D eigenvalue weighted by Gasteiger charge is -2.43. The highest BCUT2D eigenvalue weighted by Crippen LogP contribution is 2.55. The summed E-state index contributed by atoms with van der Waals surface area (Å²) in [5, 5.41) is 12.6. The van der Waals surface area contributed by atoms with Crippen molar-refractivity contribution in [2.45, 2.75) is 82.8 Å². The minimum absolute atomic E-state index is 0.0351. The number of benzene rings is 5. The van der Waals surface area contributed by atoms with E-state index in [0.717, 1.165) is 35.1 Å². The SMILES string of the molecule is CC(C)(CC(C)(C)C(N)=O)SC(c1ccccc1)(c1ccccc1)c1ccc(O)cc1.CC(C)CC(C)NSC(=O)COCCOCCNC(=O)OCC1c2ccccc2-c2ccccc21. The van der Waals surface area contributed by atoms with Crippen LogP contribution in [0.3, 0.4) is 0 Å². The molecule has 6 rings (SSSR count). The third-order valence-corrected chi connectivity index (χ3v) is 13.8. The normalized spacial score (nSPS) is 13.0. The molecule has 12 heteroatoms. The number of carbonyl (C=O) groups excluding carboxylic acids is 3. The summed E-state index contributed by atoms with van der Waals surface area (Å²) in [5.41, 5.74) is 13.2. The summed E-state index contributed by atoms with van der Waals surface area (Å²) < 4.78 is 18.6. The van der Waals surface area contributed by atoms with E-state index in [-0.39, 0.29) is 46.7 Å². The molecular weight excluding hydrogens is 867 g/mol. The van der Waals surface area contributed by atoms with Gasteiger partial charge in [0, 0.05) is 28.7 Å². The van der Waals surface area contributed by atoms with Crippen LogP contribution in [-0.4, -0.2) is 72.6 Å². The first kappa shape index (κ1) is 51.9. The number of alkyl carbamates (subject to hydrolysis) is 1. The standard InChI is InChI=1S/C27H36N2O5S.C27H31NO2S/c1-19(2)16-20(3)29-35-26(30)18-33-15-14-32-13-12-28-27(31)34-17-25-23-10-6-4-8-21(23)22-9-5-7-11-24(22)25;1-25(2,24(28)30)19-26(3,4)31-27(20-11-7-5-8-12-20,21-13-9-6-10-14-21)22-15-17-23(29)18-16-22/h4-11,19-20,25,29H,12-18H2,1-3H3,(H,28,31);5-18,29H,19H2,1-4H3,(H2,28,30). The lowest BCUT2D eigenvalue weighted by molar-refractivity contribution is -0.126. The van der Waals surface area contributed by atoms with Crippen molar-refractivity contribution in [1.82, 2.24) is 10.0 Å². The number of hydrogen-bond donors (Lipinski definition) is 4. The average molecular weight is 934 g/mol. The van der Waals surface area contributed by atoms with Crippen molar-refractivity contribution in [3.05, 3.63) is 161 Å². The molecule has 10 nitrogen and oxygen atoms in total. The lowest BCUT2D eigenvalue weighted by atomic mass is 9.82.